The Morgan fingerprint density at radius 2 is 2.00 bits per heavy atom. The molecule has 2 aliphatic rings. The van der Waals surface area contributed by atoms with Crippen LogP contribution in [0.3, 0.4) is 0 Å². The molecule has 2 aliphatic heterocycles. The van der Waals surface area contributed by atoms with Gasteiger partial charge in [0.25, 0.3) is 0 Å². The van der Waals surface area contributed by atoms with E-state index in [0.29, 0.717) is 5.41 Å². The molecule has 0 amide bonds. The molecule has 0 aliphatic carbocycles. The first kappa shape index (κ1) is 12.7. The second-order valence-corrected chi connectivity index (χ2v) is 7.42. The molecule has 5 heterocycles. The molecule has 0 atom stereocenters. The summed E-state index contributed by atoms with van der Waals surface area (Å²) in [5.41, 5.74) is 3.50. The summed E-state index contributed by atoms with van der Waals surface area (Å²) in [6, 6.07) is 0. The molecular formula is C15H15N5OS. The number of hydrogen-bond donors (Lipinski definition) is 0. The highest BCUT2D eigenvalue weighted by molar-refractivity contribution is 7.26. The standard InChI is InChI=1S/C15H15N5OS/c1-8-9(2)18-19-14-10(8)11-12(22-14)13(17-7-16-11)20-3-15(4-20)5-21-6-15/h7H,3-6H2,1-2H3. The highest BCUT2D eigenvalue weighted by Gasteiger charge is 2.49. The van der Waals surface area contributed by atoms with Crippen LogP contribution in [-0.4, -0.2) is 46.5 Å². The highest BCUT2D eigenvalue weighted by Crippen LogP contribution is 2.44. The van der Waals surface area contributed by atoms with Crippen molar-refractivity contribution in [2.75, 3.05) is 31.2 Å². The quantitative estimate of drug-likeness (QED) is 0.685. The summed E-state index contributed by atoms with van der Waals surface area (Å²) in [5.74, 6) is 1.03. The average molecular weight is 313 g/mol. The van der Waals surface area contributed by atoms with Crippen LogP contribution in [0.1, 0.15) is 11.3 Å². The average Bonchev–Trinajstić information content (AvgIpc) is 2.80. The van der Waals surface area contributed by atoms with Crippen LogP contribution in [-0.2, 0) is 4.74 Å². The normalized spacial score (nSPS) is 19.6. The number of ether oxygens (including phenoxy) is 1. The summed E-state index contributed by atoms with van der Waals surface area (Å²) in [7, 11) is 0. The van der Waals surface area contributed by atoms with Gasteiger partial charge in [0.2, 0.25) is 0 Å². The molecule has 0 aromatic carbocycles. The predicted octanol–water partition coefficient (Wildman–Crippen LogP) is 2.09. The summed E-state index contributed by atoms with van der Waals surface area (Å²) in [5, 5.41) is 9.70. The number of aromatic nitrogens is 4. The molecule has 3 aromatic heterocycles. The Hall–Kier alpha value is -1.86. The van der Waals surface area contributed by atoms with Crippen LogP contribution in [0.2, 0.25) is 0 Å². The number of nitrogens with zero attached hydrogens (tertiary/aromatic N) is 5. The predicted molar refractivity (Wildman–Crippen MR) is 85.5 cm³/mol. The minimum Gasteiger partial charge on any atom is -0.380 e. The van der Waals surface area contributed by atoms with Crippen molar-refractivity contribution in [2.24, 2.45) is 5.41 Å². The van der Waals surface area contributed by atoms with Crippen LogP contribution in [0.4, 0.5) is 5.82 Å². The highest BCUT2D eigenvalue weighted by atomic mass is 32.1. The molecule has 0 saturated carbocycles. The smallest absolute Gasteiger partial charge is 0.150 e. The van der Waals surface area contributed by atoms with Crippen LogP contribution in [0.15, 0.2) is 6.33 Å². The maximum absolute atomic E-state index is 5.35. The van der Waals surface area contributed by atoms with E-state index in [-0.39, 0.29) is 0 Å². The molecule has 22 heavy (non-hydrogen) atoms. The van der Waals surface area contributed by atoms with Gasteiger partial charge in [-0.15, -0.1) is 16.4 Å². The first-order chi connectivity index (χ1) is 10.7. The molecule has 2 saturated heterocycles. The first-order valence-corrected chi connectivity index (χ1v) is 8.18. The minimum absolute atomic E-state index is 0.375. The van der Waals surface area contributed by atoms with Gasteiger partial charge in [0.05, 0.1) is 34.5 Å². The molecule has 5 rings (SSSR count). The Kier molecular flexibility index (Phi) is 2.37. The topological polar surface area (TPSA) is 64.0 Å². The number of aryl methyl sites for hydroxylation is 2. The molecule has 0 bridgehead atoms. The van der Waals surface area contributed by atoms with Crippen LogP contribution < -0.4 is 4.90 Å². The van der Waals surface area contributed by atoms with Crippen molar-refractivity contribution in [3.8, 4) is 0 Å². The van der Waals surface area contributed by atoms with Gasteiger partial charge in [-0.05, 0) is 19.4 Å². The largest absolute Gasteiger partial charge is 0.380 e. The van der Waals surface area contributed by atoms with Crippen LogP contribution in [0.25, 0.3) is 20.4 Å². The number of anilines is 1. The second kappa shape index (κ2) is 4.11. The summed E-state index contributed by atoms with van der Waals surface area (Å²) in [6.45, 7) is 7.89. The molecule has 3 aromatic rings. The monoisotopic (exact) mass is 313 g/mol. The van der Waals surface area contributed by atoms with Gasteiger partial charge >= 0.3 is 0 Å². The fourth-order valence-corrected chi connectivity index (χ4v) is 4.53. The molecule has 1 spiro atoms. The van der Waals surface area contributed by atoms with E-state index in [1.54, 1.807) is 17.7 Å². The minimum atomic E-state index is 0.375. The van der Waals surface area contributed by atoms with E-state index >= 15 is 0 Å². The van der Waals surface area contributed by atoms with Gasteiger partial charge in [-0.1, -0.05) is 0 Å². The van der Waals surface area contributed by atoms with Gasteiger partial charge in [-0.25, -0.2) is 9.97 Å². The van der Waals surface area contributed by atoms with Gasteiger partial charge in [-0.2, -0.15) is 5.10 Å². The van der Waals surface area contributed by atoms with Crippen LogP contribution in [0, 0.1) is 19.3 Å². The third kappa shape index (κ3) is 1.52. The van der Waals surface area contributed by atoms with Crippen LogP contribution >= 0.6 is 11.3 Å². The molecule has 0 unspecified atom stereocenters. The van der Waals surface area contributed by atoms with Gasteiger partial charge in [0.15, 0.2) is 0 Å². The van der Waals surface area contributed by atoms with Gasteiger partial charge in [0, 0.05) is 18.5 Å². The number of thiophene rings is 1. The SMILES string of the molecule is Cc1nnc2sc3c(N4CC5(COC5)C4)ncnc3c2c1C. The Morgan fingerprint density at radius 1 is 1.18 bits per heavy atom. The lowest BCUT2D eigenvalue weighted by Gasteiger charge is -2.55. The maximum Gasteiger partial charge on any atom is 0.150 e. The number of hydrogen-bond acceptors (Lipinski definition) is 7. The lowest BCUT2D eigenvalue weighted by Crippen LogP contribution is -2.66. The number of rotatable bonds is 1. The van der Waals surface area contributed by atoms with E-state index < -0.39 is 0 Å². The molecule has 0 radical (unpaired) electrons. The lowest BCUT2D eigenvalue weighted by molar-refractivity contribution is -0.127. The fourth-order valence-electron chi connectivity index (χ4n) is 3.38. The van der Waals surface area contributed by atoms with Gasteiger partial charge < -0.3 is 9.64 Å². The van der Waals surface area contributed by atoms with Crippen LogP contribution in [0.5, 0.6) is 0 Å². The third-order valence-electron chi connectivity index (χ3n) is 4.81. The van der Waals surface area contributed by atoms with Crippen molar-refractivity contribution in [1.29, 1.82) is 0 Å². The van der Waals surface area contributed by atoms with Crippen molar-refractivity contribution < 1.29 is 4.74 Å². The van der Waals surface area contributed by atoms with E-state index in [9.17, 15) is 0 Å². The second-order valence-electron chi connectivity index (χ2n) is 6.42. The zero-order valence-electron chi connectivity index (χ0n) is 12.5. The summed E-state index contributed by atoms with van der Waals surface area (Å²) < 4.78 is 6.47. The molecule has 2 fully saturated rings. The van der Waals surface area contributed by atoms with Crippen molar-refractivity contribution in [3.63, 3.8) is 0 Å². The molecular weight excluding hydrogens is 298 g/mol. The summed E-state index contributed by atoms with van der Waals surface area (Å²) >= 11 is 1.64. The maximum atomic E-state index is 5.35. The Morgan fingerprint density at radius 3 is 2.73 bits per heavy atom. The van der Waals surface area contributed by atoms with Crippen molar-refractivity contribution in [1.82, 2.24) is 20.2 Å². The lowest BCUT2D eigenvalue weighted by atomic mass is 9.78. The van der Waals surface area contributed by atoms with E-state index in [0.717, 1.165) is 63.8 Å². The fraction of sp³-hybridized carbons (Fsp3) is 0.467. The summed E-state index contributed by atoms with van der Waals surface area (Å²) in [6.07, 6.45) is 1.67. The van der Waals surface area contributed by atoms with Crippen molar-refractivity contribution in [3.05, 3.63) is 17.6 Å². The Balaban J connectivity index is 1.68. The molecule has 0 N–H and O–H groups in total. The summed E-state index contributed by atoms with van der Waals surface area (Å²) in [4.78, 5) is 12.3. The zero-order valence-corrected chi connectivity index (χ0v) is 13.3. The zero-order chi connectivity index (χ0) is 14.9. The van der Waals surface area contributed by atoms with E-state index in [4.69, 9.17) is 4.74 Å². The molecule has 7 heteroatoms. The van der Waals surface area contributed by atoms with Gasteiger partial charge in [-0.3, -0.25) is 0 Å². The van der Waals surface area contributed by atoms with E-state index in [1.807, 2.05) is 6.92 Å². The molecule has 6 nitrogen and oxygen atoms in total. The molecule has 112 valence electrons. The third-order valence-corrected chi connectivity index (χ3v) is 5.87. The van der Waals surface area contributed by atoms with E-state index in [2.05, 4.69) is 32.0 Å². The van der Waals surface area contributed by atoms with Gasteiger partial charge in [0.1, 0.15) is 17.0 Å². The van der Waals surface area contributed by atoms with Crippen molar-refractivity contribution >= 4 is 37.6 Å². The Bertz CT molecular complexity index is 909. The first-order valence-electron chi connectivity index (χ1n) is 7.37. The van der Waals surface area contributed by atoms with Crippen molar-refractivity contribution in [2.45, 2.75) is 13.8 Å². The Labute approximate surface area is 131 Å². The van der Waals surface area contributed by atoms with E-state index in [1.165, 1.54) is 0 Å². The number of fused-ring (bicyclic) bond motifs is 3.